The van der Waals surface area contributed by atoms with Gasteiger partial charge in [-0.2, -0.15) is 0 Å². The SMILES string of the molecule is C[C@@H](C(=O)N[C@H](C(=O)N1Cc2ccc(O)cc2CC1C(=O)N[C@@H]1CCCc2ccccc21)C(C)(C)C)N(C)C(=O)OC(C)(C)C. The van der Waals surface area contributed by atoms with Gasteiger partial charge in [0.2, 0.25) is 17.7 Å². The summed E-state index contributed by atoms with van der Waals surface area (Å²) < 4.78 is 5.42. The van der Waals surface area contributed by atoms with Gasteiger partial charge in [-0.1, -0.05) is 51.1 Å². The first-order chi connectivity index (χ1) is 21.0. The van der Waals surface area contributed by atoms with Gasteiger partial charge in [0.05, 0.1) is 6.04 Å². The Morgan fingerprint density at radius 3 is 2.36 bits per heavy atom. The summed E-state index contributed by atoms with van der Waals surface area (Å²) in [6, 6.07) is 10.1. The molecule has 0 radical (unpaired) electrons. The number of hydrogen-bond donors (Lipinski definition) is 3. The first-order valence-corrected chi connectivity index (χ1v) is 15.7. The van der Waals surface area contributed by atoms with Crippen LogP contribution in [0.4, 0.5) is 4.79 Å². The number of carbonyl (C=O) groups is 4. The number of likely N-dealkylation sites (N-methyl/N-ethyl adjacent to an activating group) is 1. The van der Waals surface area contributed by atoms with Crippen molar-refractivity contribution in [3.63, 3.8) is 0 Å². The second-order valence-electron chi connectivity index (χ2n) is 14.4. The molecule has 10 nitrogen and oxygen atoms in total. The molecule has 1 unspecified atom stereocenters. The summed E-state index contributed by atoms with van der Waals surface area (Å²) in [7, 11) is 1.48. The van der Waals surface area contributed by atoms with Gasteiger partial charge in [0.1, 0.15) is 29.5 Å². The fourth-order valence-corrected chi connectivity index (χ4v) is 5.95. The Balaban J connectivity index is 1.61. The van der Waals surface area contributed by atoms with Gasteiger partial charge in [-0.05, 0) is 86.8 Å². The molecule has 4 rings (SSSR count). The van der Waals surface area contributed by atoms with Gasteiger partial charge in [-0.3, -0.25) is 19.3 Å². The Hall–Kier alpha value is -4.08. The Morgan fingerprint density at radius 2 is 1.69 bits per heavy atom. The van der Waals surface area contributed by atoms with Crippen LogP contribution in [0.3, 0.4) is 0 Å². The molecule has 0 fully saturated rings. The number of hydrogen-bond acceptors (Lipinski definition) is 6. The number of fused-ring (bicyclic) bond motifs is 2. The summed E-state index contributed by atoms with van der Waals surface area (Å²) in [6.45, 7) is 12.5. The number of aryl methyl sites for hydroxylation is 1. The van der Waals surface area contributed by atoms with Gasteiger partial charge < -0.3 is 25.4 Å². The summed E-state index contributed by atoms with van der Waals surface area (Å²) in [5.41, 5.74) is 2.46. The molecule has 10 heteroatoms. The molecule has 0 saturated carbocycles. The topological polar surface area (TPSA) is 128 Å². The molecule has 0 spiro atoms. The van der Waals surface area contributed by atoms with Crippen molar-refractivity contribution in [1.29, 1.82) is 0 Å². The van der Waals surface area contributed by atoms with E-state index in [1.54, 1.807) is 50.8 Å². The largest absolute Gasteiger partial charge is 0.508 e. The van der Waals surface area contributed by atoms with Crippen LogP contribution in [-0.2, 0) is 38.5 Å². The number of nitrogens with one attached hydrogen (secondary N) is 2. The third-order valence-electron chi connectivity index (χ3n) is 8.63. The van der Waals surface area contributed by atoms with Crippen molar-refractivity contribution in [2.24, 2.45) is 5.41 Å². The van der Waals surface area contributed by atoms with E-state index in [9.17, 15) is 24.3 Å². The van der Waals surface area contributed by atoms with E-state index >= 15 is 0 Å². The number of nitrogens with zero attached hydrogens (tertiary/aromatic N) is 2. The van der Waals surface area contributed by atoms with Crippen molar-refractivity contribution in [3.8, 4) is 5.75 Å². The zero-order valence-electron chi connectivity index (χ0n) is 27.8. The molecule has 0 saturated heterocycles. The number of phenols is 1. The van der Waals surface area contributed by atoms with E-state index in [0.717, 1.165) is 36.0 Å². The Kier molecular flexibility index (Phi) is 9.85. The van der Waals surface area contributed by atoms with Gasteiger partial charge in [0.25, 0.3) is 0 Å². The highest BCUT2D eigenvalue weighted by molar-refractivity contribution is 5.94. The maximum atomic E-state index is 14.5. The minimum atomic E-state index is -0.996. The summed E-state index contributed by atoms with van der Waals surface area (Å²) in [5, 5.41) is 16.3. The van der Waals surface area contributed by atoms with Crippen LogP contribution in [0.15, 0.2) is 42.5 Å². The molecule has 45 heavy (non-hydrogen) atoms. The van der Waals surface area contributed by atoms with Crippen LogP contribution in [0, 0.1) is 5.41 Å². The highest BCUT2D eigenvalue weighted by Gasteiger charge is 2.43. The Labute approximate surface area is 266 Å². The van der Waals surface area contributed by atoms with E-state index in [1.807, 2.05) is 39.0 Å². The maximum Gasteiger partial charge on any atom is 0.410 e. The van der Waals surface area contributed by atoms with Gasteiger partial charge in [0, 0.05) is 20.0 Å². The van der Waals surface area contributed by atoms with Crippen molar-refractivity contribution in [1.82, 2.24) is 20.4 Å². The number of carbonyl (C=O) groups excluding carboxylic acids is 4. The average molecular weight is 621 g/mol. The predicted molar refractivity (Wildman–Crippen MR) is 171 cm³/mol. The van der Waals surface area contributed by atoms with Crippen LogP contribution in [0.1, 0.15) is 89.6 Å². The van der Waals surface area contributed by atoms with Crippen LogP contribution in [0.5, 0.6) is 5.75 Å². The van der Waals surface area contributed by atoms with Crippen LogP contribution in [-0.4, -0.2) is 69.5 Å². The predicted octanol–water partition coefficient (Wildman–Crippen LogP) is 4.63. The lowest BCUT2D eigenvalue weighted by Gasteiger charge is -2.42. The number of ether oxygens (including phenoxy) is 1. The molecule has 1 heterocycles. The molecule has 0 aromatic heterocycles. The van der Waals surface area contributed by atoms with Crippen molar-refractivity contribution >= 4 is 23.8 Å². The highest BCUT2D eigenvalue weighted by Crippen LogP contribution is 2.33. The van der Waals surface area contributed by atoms with E-state index in [4.69, 9.17) is 4.74 Å². The van der Waals surface area contributed by atoms with Crippen molar-refractivity contribution in [2.75, 3.05) is 7.05 Å². The molecule has 0 bridgehead atoms. The number of aromatic hydroxyl groups is 1. The summed E-state index contributed by atoms with van der Waals surface area (Å²) in [5.74, 6) is -1.10. The Morgan fingerprint density at radius 1 is 1.00 bits per heavy atom. The number of amides is 4. The molecular formula is C35H48N4O6. The summed E-state index contributed by atoms with van der Waals surface area (Å²) >= 11 is 0. The number of benzene rings is 2. The van der Waals surface area contributed by atoms with E-state index in [1.165, 1.54) is 17.5 Å². The minimum absolute atomic E-state index is 0.0943. The fraction of sp³-hybridized carbons (Fsp3) is 0.543. The van der Waals surface area contributed by atoms with Crippen LogP contribution in [0.2, 0.25) is 0 Å². The quantitative estimate of drug-likeness (QED) is 0.432. The molecule has 4 atom stereocenters. The first-order valence-electron chi connectivity index (χ1n) is 15.7. The van der Waals surface area contributed by atoms with E-state index in [0.29, 0.717) is 0 Å². The van der Waals surface area contributed by atoms with Crippen LogP contribution >= 0.6 is 0 Å². The van der Waals surface area contributed by atoms with Gasteiger partial charge >= 0.3 is 6.09 Å². The van der Waals surface area contributed by atoms with Gasteiger partial charge in [0.15, 0.2) is 0 Å². The normalized spacial score (nSPS) is 19.3. The molecule has 2 aromatic rings. The van der Waals surface area contributed by atoms with E-state index in [2.05, 4.69) is 16.7 Å². The molecule has 244 valence electrons. The standard InChI is InChI=1S/C35H48N4O6/c1-21(38(8)33(44)45-35(5,6)7)30(41)37-29(34(2,3)4)32(43)39-20-23-16-17-25(40)18-24(23)19-28(39)31(42)36-27-15-11-13-22-12-9-10-14-26(22)27/h9-10,12,14,16-18,21,27-29,40H,11,13,15,19-20H2,1-8H3,(H,36,42)(H,37,41)/t21-,27+,28?,29+/m0/s1. The van der Waals surface area contributed by atoms with Gasteiger partial charge in [-0.15, -0.1) is 0 Å². The smallest absolute Gasteiger partial charge is 0.410 e. The third-order valence-corrected chi connectivity index (χ3v) is 8.63. The molecule has 1 aliphatic heterocycles. The molecule has 2 aliphatic rings. The summed E-state index contributed by atoms with van der Waals surface area (Å²) in [6.07, 6.45) is 2.27. The lowest BCUT2D eigenvalue weighted by atomic mass is 9.83. The second kappa shape index (κ2) is 13.1. The zero-order valence-corrected chi connectivity index (χ0v) is 27.8. The minimum Gasteiger partial charge on any atom is -0.508 e. The monoisotopic (exact) mass is 620 g/mol. The molecule has 2 aromatic carbocycles. The Bertz CT molecular complexity index is 1440. The first kappa shape index (κ1) is 33.8. The van der Waals surface area contributed by atoms with Gasteiger partial charge in [-0.25, -0.2) is 4.79 Å². The molecule has 1 aliphatic carbocycles. The highest BCUT2D eigenvalue weighted by atomic mass is 16.6. The molecule has 3 N–H and O–H groups in total. The number of rotatable bonds is 6. The van der Waals surface area contributed by atoms with Crippen LogP contribution in [0.25, 0.3) is 0 Å². The zero-order chi connectivity index (χ0) is 33.3. The van der Waals surface area contributed by atoms with Crippen molar-refractivity contribution < 1.29 is 29.0 Å². The molecule has 4 amide bonds. The fourth-order valence-electron chi connectivity index (χ4n) is 5.95. The number of phenolic OH excluding ortho intramolecular Hbond substituents is 1. The average Bonchev–Trinajstić information content (AvgIpc) is 2.96. The molecular weight excluding hydrogens is 572 g/mol. The third kappa shape index (κ3) is 7.96. The van der Waals surface area contributed by atoms with Crippen molar-refractivity contribution in [3.05, 3.63) is 64.7 Å². The second-order valence-corrected chi connectivity index (χ2v) is 14.4. The lowest BCUT2D eigenvalue weighted by molar-refractivity contribution is -0.147. The summed E-state index contributed by atoms with van der Waals surface area (Å²) in [4.78, 5) is 57.4. The maximum absolute atomic E-state index is 14.5. The van der Waals surface area contributed by atoms with Crippen LogP contribution < -0.4 is 10.6 Å². The van der Waals surface area contributed by atoms with Crippen molar-refractivity contribution in [2.45, 2.75) is 110 Å². The lowest BCUT2D eigenvalue weighted by Crippen LogP contribution is -2.62. The van der Waals surface area contributed by atoms with E-state index in [-0.39, 0.29) is 30.7 Å². The van der Waals surface area contributed by atoms with E-state index < -0.39 is 47.0 Å².